The largest absolute Gasteiger partial charge is 0.491 e. The molecule has 1 rings (SSSR count). The molecule has 0 aliphatic rings. The van der Waals surface area contributed by atoms with E-state index in [0.29, 0.717) is 13.2 Å². The summed E-state index contributed by atoms with van der Waals surface area (Å²) in [5, 5.41) is 20.4. The molecule has 0 radical (unpaired) electrons. The van der Waals surface area contributed by atoms with E-state index in [0.717, 1.165) is 30.8 Å². The van der Waals surface area contributed by atoms with Crippen molar-refractivity contribution in [3.8, 4) is 5.75 Å². The highest BCUT2D eigenvalue weighted by molar-refractivity contribution is 5.79. The van der Waals surface area contributed by atoms with Gasteiger partial charge < -0.3 is 20.3 Å². The van der Waals surface area contributed by atoms with Crippen molar-refractivity contribution in [2.45, 2.75) is 6.42 Å². The van der Waals surface area contributed by atoms with Gasteiger partial charge in [0.15, 0.2) is 0 Å². The fraction of sp³-hybridized carbons (Fsp3) is 0.500. The van der Waals surface area contributed by atoms with Gasteiger partial charge in [-0.15, -0.1) is 0 Å². The zero-order valence-corrected chi connectivity index (χ0v) is 11.1. The minimum Gasteiger partial charge on any atom is -0.491 e. The molecule has 0 amide bonds. The molecule has 5 nitrogen and oxygen atoms in total. The second-order valence-corrected chi connectivity index (χ2v) is 4.00. The predicted molar refractivity (Wildman–Crippen MR) is 76.1 cm³/mol. The number of aliphatic hydroxyl groups is 2. The summed E-state index contributed by atoms with van der Waals surface area (Å²) < 4.78 is 5.27. The van der Waals surface area contributed by atoms with Crippen LogP contribution in [0.2, 0.25) is 0 Å². The smallest absolute Gasteiger partial charge is 0.119 e. The van der Waals surface area contributed by atoms with Crippen molar-refractivity contribution in [2.75, 3.05) is 39.5 Å². The summed E-state index contributed by atoms with van der Waals surface area (Å²) in [4.78, 5) is 4.30. The molecule has 0 aromatic heterocycles. The molecule has 0 heterocycles. The third-order valence-corrected chi connectivity index (χ3v) is 2.41. The molecule has 0 bridgehead atoms. The van der Waals surface area contributed by atoms with Gasteiger partial charge in [-0.25, -0.2) is 0 Å². The minimum atomic E-state index is 0.0203. The monoisotopic (exact) mass is 266 g/mol. The van der Waals surface area contributed by atoms with Crippen LogP contribution in [0.15, 0.2) is 29.3 Å². The first kappa shape index (κ1) is 15.6. The molecule has 0 unspecified atom stereocenters. The molecule has 0 atom stereocenters. The van der Waals surface area contributed by atoms with Gasteiger partial charge in [-0.2, -0.15) is 0 Å². The van der Waals surface area contributed by atoms with Crippen molar-refractivity contribution in [3.05, 3.63) is 29.8 Å². The maximum absolute atomic E-state index is 8.64. The summed E-state index contributed by atoms with van der Waals surface area (Å²) in [5.41, 5.74) is 1.02. The third-order valence-electron chi connectivity index (χ3n) is 2.41. The van der Waals surface area contributed by atoms with E-state index in [9.17, 15) is 0 Å². The van der Waals surface area contributed by atoms with E-state index >= 15 is 0 Å². The van der Waals surface area contributed by atoms with Gasteiger partial charge in [0.25, 0.3) is 0 Å². The van der Waals surface area contributed by atoms with Crippen LogP contribution in [0.1, 0.15) is 12.0 Å². The molecule has 0 saturated heterocycles. The maximum atomic E-state index is 8.64. The van der Waals surface area contributed by atoms with Crippen LogP contribution < -0.4 is 10.1 Å². The van der Waals surface area contributed by atoms with Crippen molar-refractivity contribution in [1.82, 2.24) is 5.32 Å². The average Bonchev–Trinajstić information content (AvgIpc) is 2.45. The van der Waals surface area contributed by atoms with E-state index < -0.39 is 0 Å². The summed E-state index contributed by atoms with van der Waals surface area (Å²) in [5.74, 6) is 0.747. The Morgan fingerprint density at radius 1 is 1.11 bits per heavy atom. The fourth-order valence-electron chi connectivity index (χ4n) is 1.46. The molecule has 5 heteroatoms. The first-order valence-corrected chi connectivity index (χ1v) is 6.52. The molecule has 1 aromatic rings. The first-order chi connectivity index (χ1) is 9.36. The van der Waals surface area contributed by atoms with Gasteiger partial charge in [-0.3, -0.25) is 4.99 Å². The van der Waals surface area contributed by atoms with Crippen LogP contribution in [0.4, 0.5) is 0 Å². The Bertz CT molecular complexity index is 352. The van der Waals surface area contributed by atoms with E-state index in [-0.39, 0.29) is 13.2 Å². The Morgan fingerprint density at radius 3 is 2.58 bits per heavy atom. The topological polar surface area (TPSA) is 74.1 Å². The van der Waals surface area contributed by atoms with Gasteiger partial charge in [-0.05, 0) is 42.8 Å². The van der Waals surface area contributed by atoms with Gasteiger partial charge in [0, 0.05) is 19.4 Å². The Labute approximate surface area is 113 Å². The lowest BCUT2D eigenvalue weighted by Crippen LogP contribution is -2.19. The number of nitrogens with one attached hydrogen (secondary N) is 1. The second-order valence-electron chi connectivity index (χ2n) is 4.00. The number of benzene rings is 1. The second kappa shape index (κ2) is 10.5. The molecule has 1 aromatic carbocycles. The van der Waals surface area contributed by atoms with Crippen molar-refractivity contribution in [2.24, 2.45) is 4.99 Å². The zero-order chi connectivity index (χ0) is 13.8. The van der Waals surface area contributed by atoms with E-state index in [1.54, 1.807) is 0 Å². The van der Waals surface area contributed by atoms with Gasteiger partial charge >= 0.3 is 0 Å². The van der Waals surface area contributed by atoms with E-state index in [1.165, 1.54) is 0 Å². The standard InChI is InChI=1S/C14H22N2O3/c17-9-1-6-15-7-8-16-12-13-2-4-14(5-3-13)19-11-10-18/h2-5,12,15,17-18H,1,6-11H2/b16-12+. The van der Waals surface area contributed by atoms with Gasteiger partial charge in [0.2, 0.25) is 0 Å². The quantitative estimate of drug-likeness (QED) is 0.424. The van der Waals surface area contributed by atoms with Crippen LogP contribution in [-0.2, 0) is 0 Å². The molecule has 106 valence electrons. The Hall–Kier alpha value is -1.43. The number of hydrogen-bond donors (Lipinski definition) is 3. The van der Waals surface area contributed by atoms with Crippen LogP contribution in [0.5, 0.6) is 5.75 Å². The number of ether oxygens (including phenoxy) is 1. The third kappa shape index (κ3) is 7.56. The van der Waals surface area contributed by atoms with E-state index in [4.69, 9.17) is 14.9 Å². The minimum absolute atomic E-state index is 0.0203. The lowest BCUT2D eigenvalue weighted by Gasteiger charge is -2.03. The number of aliphatic imine (C=N–C) groups is 1. The molecular weight excluding hydrogens is 244 g/mol. The van der Waals surface area contributed by atoms with Gasteiger partial charge in [0.05, 0.1) is 13.2 Å². The van der Waals surface area contributed by atoms with Crippen molar-refractivity contribution in [3.63, 3.8) is 0 Å². The zero-order valence-electron chi connectivity index (χ0n) is 11.1. The number of aliphatic hydroxyl groups excluding tert-OH is 2. The fourth-order valence-corrected chi connectivity index (χ4v) is 1.46. The molecule has 0 saturated carbocycles. The summed E-state index contributed by atoms with van der Waals surface area (Å²) in [7, 11) is 0. The van der Waals surface area contributed by atoms with E-state index in [1.807, 2.05) is 30.5 Å². The summed E-state index contributed by atoms with van der Waals surface area (Å²) in [6, 6.07) is 7.57. The number of nitrogens with zero attached hydrogens (tertiary/aromatic N) is 1. The van der Waals surface area contributed by atoms with Crippen LogP contribution in [-0.4, -0.2) is 55.9 Å². The van der Waals surface area contributed by atoms with Crippen LogP contribution >= 0.6 is 0 Å². The molecule has 19 heavy (non-hydrogen) atoms. The van der Waals surface area contributed by atoms with Gasteiger partial charge in [0.1, 0.15) is 12.4 Å². The van der Waals surface area contributed by atoms with Crippen LogP contribution in [0.25, 0.3) is 0 Å². The summed E-state index contributed by atoms with van der Waals surface area (Å²) in [6.45, 7) is 2.91. The number of rotatable bonds is 10. The maximum Gasteiger partial charge on any atom is 0.119 e. The Balaban J connectivity index is 2.21. The molecule has 0 aliphatic heterocycles. The van der Waals surface area contributed by atoms with Crippen LogP contribution in [0.3, 0.4) is 0 Å². The summed E-state index contributed by atoms with van der Waals surface area (Å²) in [6.07, 6.45) is 2.60. The molecule has 0 fully saturated rings. The van der Waals surface area contributed by atoms with Crippen molar-refractivity contribution < 1.29 is 14.9 Å². The summed E-state index contributed by atoms with van der Waals surface area (Å²) >= 11 is 0. The highest BCUT2D eigenvalue weighted by atomic mass is 16.5. The Kier molecular flexibility index (Phi) is 8.63. The van der Waals surface area contributed by atoms with Crippen LogP contribution in [0, 0.1) is 0 Å². The molecule has 3 N–H and O–H groups in total. The first-order valence-electron chi connectivity index (χ1n) is 6.52. The predicted octanol–water partition coefficient (Wildman–Crippen LogP) is 0.449. The SMILES string of the molecule is OCCCNCC/N=C/c1ccc(OCCO)cc1. The molecule has 0 aliphatic carbocycles. The molecular formula is C14H22N2O3. The van der Waals surface area contributed by atoms with E-state index in [2.05, 4.69) is 10.3 Å². The highest BCUT2D eigenvalue weighted by Crippen LogP contribution is 2.10. The lowest BCUT2D eigenvalue weighted by molar-refractivity contribution is 0.201. The normalized spacial score (nSPS) is 11.1. The molecule has 0 spiro atoms. The number of hydrogen-bond acceptors (Lipinski definition) is 5. The van der Waals surface area contributed by atoms with Crippen molar-refractivity contribution in [1.29, 1.82) is 0 Å². The highest BCUT2D eigenvalue weighted by Gasteiger charge is 1.93. The average molecular weight is 266 g/mol. The Morgan fingerprint density at radius 2 is 1.89 bits per heavy atom. The van der Waals surface area contributed by atoms with Crippen molar-refractivity contribution >= 4 is 6.21 Å². The lowest BCUT2D eigenvalue weighted by atomic mass is 10.2. The van der Waals surface area contributed by atoms with Gasteiger partial charge in [-0.1, -0.05) is 0 Å².